The molecule has 0 unspecified atom stereocenters. The Bertz CT molecular complexity index is 897. The Morgan fingerprint density at radius 2 is 1.59 bits per heavy atom. The molecule has 0 radical (unpaired) electrons. The van der Waals surface area contributed by atoms with Crippen molar-refractivity contribution in [2.45, 2.75) is 65.0 Å². The van der Waals surface area contributed by atoms with Gasteiger partial charge in [0.25, 0.3) is 0 Å². The molecular formula is C23H30Cl3NO2. The van der Waals surface area contributed by atoms with Gasteiger partial charge in [-0.25, -0.2) is 0 Å². The first kappa shape index (κ1) is 23.0. The van der Waals surface area contributed by atoms with Crippen LogP contribution in [0, 0.1) is 11.3 Å². The molecule has 1 aliphatic rings. The maximum atomic E-state index is 9.56. The van der Waals surface area contributed by atoms with Gasteiger partial charge in [-0.1, -0.05) is 67.7 Å². The molecule has 0 aromatic heterocycles. The molecule has 3 N–H and O–H groups in total. The Balaban J connectivity index is 1.91. The highest BCUT2D eigenvalue weighted by molar-refractivity contribution is 6.49. The number of halogens is 3. The predicted molar refractivity (Wildman–Crippen MR) is 123 cm³/mol. The van der Waals surface area contributed by atoms with Gasteiger partial charge in [0.15, 0.2) is 5.75 Å². The molecule has 0 heterocycles. The van der Waals surface area contributed by atoms with Crippen molar-refractivity contribution in [3.8, 4) is 5.75 Å². The molecule has 3 rings (SSSR count). The van der Waals surface area contributed by atoms with Gasteiger partial charge < -0.3 is 15.6 Å². The van der Waals surface area contributed by atoms with Crippen LogP contribution in [0.1, 0.15) is 58.9 Å². The quantitative estimate of drug-likeness (QED) is 0.487. The molecule has 6 heteroatoms. The maximum absolute atomic E-state index is 9.56. The Morgan fingerprint density at radius 3 is 2.14 bits per heavy atom. The summed E-state index contributed by atoms with van der Waals surface area (Å²) in [6, 6.07) is 5.55. The van der Waals surface area contributed by atoms with Crippen LogP contribution in [-0.4, -0.2) is 17.8 Å². The van der Waals surface area contributed by atoms with Crippen molar-refractivity contribution in [3.05, 3.63) is 38.8 Å². The number of hydrogen-bond acceptors (Lipinski definition) is 3. The van der Waals surface area contributed by atoms with Gasteiger partial charge in [0.1, 0.15) is 5.02 Å². The van der Waals surface area contributed by atoms with Crippen LogP contribution < -0.4 is 10.5 Å². The van der Waals surface area contributed by atoms with Crippen LogP contribution in [0.15, 0.2) is 18.2 Å². The van der Waals surface area contributed by atoms with Gasteiger partial charge in [0.2, 0.25) is 0 Å². The van der Waals surface area contributed by atoms with Crippen LogP contribution in [0.25, 0.3) is 10.8 Å². The van der Waals surface area contributed by atoms with Crippen LogP contribution in [0.4, 0.5) is 0 Å². The monoisotopic (exact) mass is 457 g/mol. The zero-order chi connectivity index (χ0) is 21.6. The number of aliphatic hydroxyl groups is 1. The molecule has 0 aliphatic heterocycles. The summed E-state index contributed by atoms with van der Waals surface area (Å²) in [4.78, 5) is 0. The van der Waals surface area contributed by atoms with E-state index in [4.69, 9.17) is 45.3 Å². The van der Waals surface area contributed by atoms with E-state index in [2.05, 4.69) is 20.8 Å². The van der Waals surface area contributed by atoms with Crippen molar-refractivity contribution in [1.82, 2.24) is 0 Å². The van der Waals surface area contributed by atoms with Crippen LogP contribution in [0.3, 0.4) is 0 Å². The van der Waals surface area contributed by atoms with Gasteiger partial charge >= 0.3 is 0 Å². The van der Waals surface area contributed by atoms with Crippen molar-refractivity contribution in [2.75, 3.05) is 6.61 Å². The third-order valence-electron chi connectivity index (χ3n) is 6.26. The van der Waals surface area contributed by atoms with Gasteiger partial charge in [-0.3, -0.25) is 0 Å². The predicted octanol–water partition coefficient (Wildman–Crippen LogP) is 6.95. The van der Waals surface area contributed by atoms with Crippen molar-refractivity contribution in [2.24, 2.45) is 17.1 Å². The summed E-state index contributed by atoms with van der Waals surface area (Å²) in [7, 11) is 0. The molecule has 2 aromatic rings. The highest BCUT2D eigenvalue weighted by Gasteiger charge is 2.31. The normalized spacial score (nSPS) is 22.5. The molecule has 2 aromatic carbocycles. The van der Waals surface area contributed by atoms with Crippen LogP contribution in [-0.2, 0) is 5.54 Å². The lowest BCUT2D eigenvalue weighted by molar-refractivity contribution is 0.0884. The average Bonchev–Trinajstić information content (AvgIpc) is 2.68. The minimum atomic E-state index is -0.878. The first-order chi connectivity index (χ1) is 13.5. The number of rotatable bonds is 4. The Morgan fingerprint density at radius 1 is 0.966 bits per heavy atom. The topological polar surface area (TPSA) is 55.5 Å². The molecule has 0 amide bonds. The van der Waals surface area contributed by atoms with E-state index in [1.807, 2.05) is 18.2 Å². The van der Waals surface area contributed by atoms with Gasteiger partial charge in [-0.2, -0.15) is 0 Å². The number of ether oxygens (including phenoxy) is 1. The Hall–Kier alpha value is -0.710. The number of aliphatic hydroxyl groups excluding tert-OH is 1. The zero-order valence-electron chi connectivity index (χ0n) is 17.5. The standard InChI is InChI=1S/C23H30Cl3NO2/c1-22(2,3)13-5-8-15(9-6-13)29-21-19(25)16-10-7-14(23(4,27)12-28)11-17(16)18(24)20(21)26/h7,10-11,13,15,28H,5-6,8-9,12,27H2,1-4H3/t13-,15-,23-/m0/s1. The molecular weight excluding hydrogens is 429 g/mol. The fourth-order valence-electron chi connectivity index (χ4n) is 4.12. The van der Waals surface area contributed by atoms with Gasteiger partial charge in [0.05, 0.1) is 28.3 Å². The minimum absolute atomic E-state index is 0.0816. The van der Waals surface area contributed by atoms with Crippen molar-refractivity contribution in [3.63, 3.8) is 0 Å². The largest absolute Gasteiger partial charge is 0.487 e. The molecule has 1 aliphatic carbocycles. The Kier molecular flexibility index (Phi) is 6.68. The van der Waals surface area contributed by atoms with Crippen molar-refractivity contribution in [1.29, 1.82) is 0 Å². The fraction of sp³-hybridized carbons (Fsp3) is 0.565. The van der Waals surface area contributed by atoms with Crippen LogP contribution in [0.2, 0.25) is 15.1 Å². The highest BCUT2D eigenvalue weighted by atomic mass is 35.5. The van der Waals surface area contributed by atoms with Crippen LogP contribution in [0.5, 0.6) is 5.75 Å². The van der Waals surface area contributed by atoms with Crippen molar-refractivity contribution >= 4 is 45.6 Å². The van der Waals surface area contributed by atoms with Gasteiger partial charge in [-0.15, -0.1) is 0 Å². The molecule has 0 bridgehead atoms. The summed E-state index contributed by atoms with van der Waals surface area (Å²) in [5, 5.41) is 12.2. The second kappa shape index (κ2) is 8.43. The minimum Gasteiger partial charge on any atom is -0.487 e. The van der Waals surface area contributed by atoms with E-state index in [0.29, 0.717) is 37.5 Å². The van der Waals surface area contributed by atoms with E-state index >= 15 is 0 Å². The third-order valence-corrected chi connectivity index (χ3v) is 7.48. The summed E-state index contributed by atoms with van der Waals surface area (Å²) < 4.78 is 6.27. The lowest BCUT2D eigenvalue weighted by Crippen LogP contribution is -2.36. The fourth-order valence-corrected chi connectivity index (χ4v) is 4.95. The van der Waals surface area contributed by atoms with E-state index in [9.17, 15) is 5.11 Å². The van der Waals surface area contributed by atoms with E-state index in [1.54, 1.807) is 6.92 Å². The number of hydrogen-bond donors (Lipinski definition) is 2. The lowest BCUT2D eigenvalue weighted by Gasteiger charge is -2.37. The molecule has 160 valence electrons. The number of fused-ring (bicyclic) bond motifs is 1. The first-order valence-corrected chi connectivity index (χ1v) is 11.3. The smallest absolute Gasteiger partial charge is 0.159 e. The molecule has 3 nitrogen and oxygen atoms in total. The molecule has 0 saturated heterocycles. The summed E-state index contributed by atoms with van der Waals surface area (Å²) in [5.74, 6) is 1.15. The summed E-state index contributed by atoms with van der Waals surface area (Å²) >= 11 is 19.9. The third kappa shape index (κ3) is 4.65. The first-order valence-electron chi connectivity index (χ1n) is 10.1. The lowest BCUT2D eigenvalue weighted by atomic mass is 9.72. The van der Waals surface area contributed by atoms with E-state index in [-0.39, 0.29) is 12.7 Å². The SMILES string of the molecule is CC(C)(C)[C@H]1CC[C@H](Oc2c(Cl)c(Cl)c3cc([C@@](C)(N)CO)ccc3c2Cl)CC1. The molecule has 1 saturated carbocycles. The molecule has 1 fully saturated rings. The summed E-state index contributed by atoms with van der Waals surface area (Å²) in [6.45, 7) is 8.47. The van der Waals surface area contributed by atoms with E-state index in [1.165, 1.54) is 0 Å². The summed E-state index contributed by atoms with van der Waals surface area (Å²) in [5.41, 5.74) is 6.36. The maximum Gasteiger partial charge on any atom is 0.159 e. The average molecular weight is 459 g/mol. The Labute approximate surface area is 188 Å². The van der Waals surface area contributed by atoms with Gasteiger partial charge in [0, 0.05) is 10.8 Å². The number of nitrogens with two attached hydrogens (primary N) is 1. The van der Waals surface area contributed by atoms with Crippen molar-refractivity contribution < 1.29 is 9.84 Å². The highest BCUT2D eigenvalue weighted by Crippen LogP contribution is 2.47. The molecule has 29 heavy (non-hydrogen) atoms. The van der Waals surface area contributed by atoms with Gasteiger partial charge in [-0.05, 0) is 55.6 Å². The second-order valence-corrected chi connectivity index (χ2v) is 10.7. The zero-order valence-corrected chi connectivity index (χ0v) is 19.8. The van der Waals surface area contributed by atoms with E-state index < -0.39 is 5.54 Å². The second-order valence-electron chi connectivity index (χ2n) is 9.56. The number of benzene rings is 2. The summed E-state index contributed by atoms with van der Waals surface area (Å²) in [6.07, 6.45) is 4.29. The van der Waals surface area contributed by atoms with Crippen LogP contribution >= 0.6 is 34.8 Å². The van der Waals surface area contributed by atoms with E-state index in [0.717, 1.165) is 36.6 Å². The molecule has 1 atom stereocenters. The molecule has 0 spiro atoms.